The molecule has 3 N–H and O–H groups in total. The lowest BCUT2D eigenvalue weighted by molar-refractivity contribution is 0.0711. The second-order valence-corrected chi connectivity index (χ2v) is 7.82. The number of morpholine rings is 1. The van der Waals surface area contributed by atoms with E-state index in [1.807, 2.05) is 35.2 Å². The average Bonchev–Trinajstić information content (AvgIpc) is 3.47. The normalized spacial score (nSPS) is 17.8. The van der Waals surface area contributed by atoms with Gasteiger partial charge in [0.15, 0.2) is 11.6 Å². The van der Waals surface area contributed by atoms with Crippen molar-refractivity contribution in [3.05, 3.63) is 41.7 Å². The third-order valence-electron chi connectivity index (χ3n) is 5.92. The smallest absolute Gasteiger partial charge is 0.261 e. The number of nitrogen functional groups attached to an aromatic ring is 1. The highest BCUT2D eigenvalue weighted by molar-refractivity contribution is 6.04. The zero-order valence-corrected chi connectivity index (χ0v) is 17.2. The zero-order chi connectivity index (χ0) is 21.2. The molecule has 2 aliphatic heterocycles. The Morgan fingerprint density at radius 3 is 2.52 bits per heavy atom. The van der Waals surface area contributed by atoms with E-state index in [9.17, 15) is 4.79 Å². The van der Waals surface area contributed by atoms with Gasteiger partial charge in [-0.05, 0) is 12.8 Å². The van der Waals surface area contributed by atoms with E-state index in [-0.39, 0.29) is 17.8 Å². The van der Waals surface area contributed by atoms with Crippen LogP contribution in [0.15, 0.2) is 34.9 Å². The number of nitrogens with two attached hydrogens (primary N) is 1. The molecular formula is C21H25N7O3. The van der Waals surface area contributed by atoms with Crippen molar-refractivity contribution in [3.8, 4) is 11.3 Å². The van der Waals surface area contributed by atoms with E-state index in [1.165, 1.54) is 0 Å². The van der Waals surface area contributed by atoms with Crippen molar-refractivity contribution < 1.29 is 14.1 Å². The Balaban J connectivity index is 1.41. The molecule has 10 heteroatoms. The van der Waals surface area contributed by atoms with Gasteiger partial charge in [0.05, 0.1) is 13.2 Å². The molecule has 1 amide bonds. The molecule has 2 aliphatic rings. The summed E-state index contributed by atoms with van der Waals surface area (Å²) >= 11 is 0. The van der Waals surface area contributed by atoms with E-state index < -0.39 is 0 Å². The van der Waals surface area contributed by atoms with Crippen molar-refractivity contribution in [1.82, 2.24) is 25.2 Å². The van der Waals surface area contributed by atoms with Crippen LogP contribution in [0.3, 0.4) is 0 Å². The molecule has 0 bridgehead atoms. The first-order valence-electron chi connectivity index (χ1n) is 10.6. The van der Waals surface area contributed by atoms with Gasteiger partial charge in [0.1, 0.15) is 11.4 Å². The van der Waals surface area contributed by atoms with Gasteiger partial charge in [-0.3, -0.25) is 9.89 Å². The molecule has 10 nitrogen and oxygen atoms in total. The van der Waals surface area contributed by atoms with E-state index >= 15 is 0 Å². The van der Waals surface area contributed by atoms with Crippen molar-refractivity contribution >= 4 is 17.7 Å². The van der Waals surface area contributed by atoms with Gasteiger partial charge in [0, 0.05) is 37.7 Å². The molecule has 162 valence electrons. The van der Waals surface area contributed by atoms with Gasteiger partial charge in [0.2, 0.25) is 5.95 Å². The van der Waals surface area contributed by atoms with Crippen LogP contribution in [0.1, 0.15) is 34.9 Å². The maximum absolute atomic E-state index is 13.7. The van der Waals surface area contributed by atoms with E-state index in [2.05, 4.69) is 25.2 Å². The number of piperidine rings is 1. The SMILES string of the molecule is Nc1n[nH]c(C2CCN(C(=O)c3c(N4CCOCC4)noc3-c3ccccc3)CC2)n1. The number of likely N-dealkylation sites (tertiary alicyclic amines) is 1. The first-order valence-corrected chi connectivity index (χ1v) is 10.6. The monoisotopic (exact) mass is 423 g/mol. The quantitative estimate of drug-likeness (QED) is 0.651. The molecule has 4 heterocycles. The Kier molecular flexibility index (Phi) is 5.29. The van der Waals surface area contributed by atoms with E-state index in [0.29, 0.717) is 56.5 Å². The van der Waals surface area contributed by atoms with E-state index in [4.69, 9.17) is 15.0 Å². The molecule has 0 radical (unpaired) electrons. The Labute approximate surface area is 179 Å². The lowest BCUT2D eigenvalue weighted by atomic mass is 9.95. The van der Waals surface area contributed by atoms with Gasteiger partial charge in [-0.25, -0.2) is 0 Å². The number of hydrogen-bond acceptors (Lipinski definition) is 8. The van der Waals surface area contributed by atoms with Gasteiger partial charge in [0.25, 0.3) is 5.91 Å². The Hall–Kier alpha value is -3.40. The third kappa shape index (κ3) is 3.86. The summed E-state index contributed by atoms with van der Waals surface area (Å²) in [4.78, 5) is 21.9. The van der Waals surface area contributed by atoms with Gasteiger partial charge in [-0.1, -0.05) is 35.5 Å². The summed E-state index contributed by atoms with van der Waals surface area (Å²) in [6.45, 7) is 3.80. The second kappa shape index (κ2) is 8.38. The predicted molar refractivity (Wildman–Crippen MR) is 114 cm³/mol. The largest absolute Gasteiger partial charge is 0.378 e. The van der Waals surface area contributed by atoms with Crippen LogP contribution in [0.25, 0.3) is 11.3 Å². The number of carbonyl (C=O) groups is 1. The highest BCUT2D eigenvalue weighted by Gasteiger charge is 2.33. The maximum atomic E-state index is 13.7. The highest BCUT2D eigenvalue weighted by Crippen LogP contribution is 2.34. The lowest BCUT2D eigenvalue weighted by Gasteiger charge is -2.32. The first-order chi connectivity index (χ1) is 15.2. The van der Waals surface area contributed by atoms with Crippen LogP contribution in [0, 0.1) is 0 Å². The fourth-order valence-corrected chi connectivity index (χ4v) is 4.24. The van der Waals surface area contributed by atoms with Gasteiger partial charge < -0.3 is 24.8 Å². The molecule has 0 spiro atoms. The Morgan fingerprint density at radius 2 is 1.84 bits per heavy atom. The van der Waals surface area contributed by atoms with Crippen LogP contribution < -0.4 is 10.6 Å². The summed E-state index contributed by atoms with van der Waals surface area (Å²) in [7, 11) is 0. The van der Waals surface area contributed by atoms with Crippen LogP contribution in [0.2, 0.25) is 0 Å². The molecule has 5 rings (SSSR count). The minimum atomic E-state index is -0.0582. The number of aromatic amines is 1. The second-order valence-electron chi connectivity index (χ2n) is 7.82. The summed E-state index contributed by atoms with van der Waals surface area (Å²) in [5.41, 5.74) is 7.00. The van der Waals surface area contributed by atoms with Crippen molar-refractivity contribution in [2.24, 2.45) is 0 Å². The fourth-order valence-electron chi connectivity index (χ4n) is 4.24. The first kappa shape index (κ1) is 19.6. The van der Waals surface area contributed by atoms with E-state index in [1.54, 1.807) is 0 Å². The summed E-state index contributed by atoms with van der Waals surface area (Å²) in [6.07, 6.45) is 1.58. The third-order valence-corrected chi connectivity index (χ3v) is 5.92. The average molecular weight is 423 g/mol. The number of benzene rings is 1. The Morgan fingerprint density at radius 1 is 1.10 bits per heavy atom. The number of nitrogens with one attached hydrogen (secondary N) is 1. The Bertz CT molecular complexity index is 1030. The molecule has 2 fully saturated rings. The molecule has 1 aromatic carbocycles. The number of anilines is 2. The number of H-pyrrole nitrogens is 1. The molecular weight excluding hydrogens is 398 g/mol. The van der Waals surface area contributed by atoms with Crippen LogP contribution in [0.5, 0.6) is 0 Å². The summed E-state index contributed by atoms with van der Waals surface area (Å²) in [6, 6.07) is 9.65. The number of hydrogen-bond donors (Lipinski definition) is 2. The van der Waals surface area contributed by atoms with Gasteiger partial charge in [-0.15, -0.1) is 5.10 Å². The van der Waals surface area contributed by atoms with Crippen LogP contribution in [-0.2, 0) is 4.74 Å². The summed E-state index contributed by atoms with van der Waals surface area (Å²) in [5, 5.41) is 11.1. The highest BCUT2D eigenvalue weighted by atomic mass is 16.5. The zero-order valence-electron chi connectivity index (χ0n) is 17.2. The van der Waals surface area contributed by atoms with Crippen LogP contribution in [0.4, 0.5) is 11.8 Å². The number of ether oxygens (including phenoxy) is 1. The molecule has 31 heavy (non-hydrogen) atoms. The van der Waals surface area contributed by atoms with Gasteiger partial charge >= 0.3 is 0 Å². The lowest BCUT2D eigenvalue weighted by Crippen LogP contribution is -2.41. The number of nitrogens with zero attached hydrogens (tertiary/aromatic N) is 5. The van der Waals surface area contributed by atoms with Crippen LogP contribution >= 0.6 is 0 Å². The number of carbonyl (C=O) groups excluding carboxylic acids is 1. The number of amides is 1. The van der Waals surface area contributed by atoms with Crippen molar-refractivity contribution in [3.63, 3.8) is 0 Å². The molecule has 0 atom stereocenters. The molecule has 3 aromatic rings. The molecule has 2 saturated heterocycles. The van der Waals surface area contributed by atoms with Gasteiger partial charge in [-0.2, -0.15) is 4.98 Å². The predicted octanol–water partition coefficient (Wildman–Crippen LogP) is 1.90. The van der Waals surface area contributed by atoms with Crippen molar-refractivity contribution in [2.75, 3.05) is 50.0 Å². The molecule has 0 saturated carbocycles. The van der Waals surface area contributed by atoms with Crippen LogP contribution in [-0.4, -0.2) is 70.5 Å². The molecule has 0 unspecified atom stereocenters. The molecule has 0 aliphatic carbocycles. The summed E-state index contributed by atoms with van der Waals surface area (Å²) in [5.74, 6) is 2.30. The minimum absolute atomic E-state index is 0.0582. The van der Waals surface area contributed by atoms with E-state index in [0.717, 1.165) is 24.2 Å². The molecule has 2 aromatic heterocycles. The van der Waals surface area contributed by atoms with Crippen molar-refractivity contribution in [1.29, 1.82) is 0 Å². The standard InChI is InChI=1S/C21H25N7O3/c22-21-23-18(24-25-21)15-6-8-28(9-7-15)20(29)16-17(14-4-2-1-3-5-14)31-26-19(16)27-10-12-30-13-11-27/h1-5,15H,6-13H2,(H3,22,23,24,25). The number of aromatic nitrogens is 4. The number of rotatable bonds is 4. The maximum Gasteiger partial charge on any atom is 0.261 e. The fraction of sp³-hybridized carbons (Fsp3) is 0.429. The minimum Gasteiger partial charge on any atom is -0.378 e. The summed E-state index contributed by atoms with van der Waals surface area (Å²) < 4.78 is 11.2. The topological polar surface area (TPSA) is 126 Å². The van der Waals surface area contributed by atoms with Crippen molar-refractivity contribution in [2.45, 2.75) is 18.8 Å².